The molecule has 0 saturated heterocycles. The first-order chi connectivity index (χ1) is 11.2. The lowest BCUT2D eigenvalue weighted by Crippen LogP contribution is -2.33. The maximum absolute atomic E-state index is 12.6. The Morgan fingerprint density at radius 2 is 1.83 bits per heavy atom. The molecule has 1 aromatic rings. The average molecular weight is 318 g/mol. The third kappa shape index (κ3) is 5.48. The summed E-state index contributed by atoms with van der Waals surface area (Å²) in [6, 6.07) is 2.16. The Morgan fingerprint density at radius 1 is 1.17 bits per heavy atom. The molecule has 1 aliphatic carbocycles. The number of nitrogens with one attached hydrogen (secondary N) is 1. The number of rotatable bonds is 7. The summed E-state index contributed by atoms with van der Waals surface area (Å²) in [6.07, 6.45) is 11.1. The van der Waals surface area contributed by atoms with Crippen molar-refractivity contribution in [3.63, 3.8) is 0 Å². The molecule has 0 spiro atoms. The Hall–Kier alpha value is -1.65. The highest BCUT2D eigenvalue weighted by atomic mass is 16.2. The number of anilines is 1. The maximum Gasteiger partial charge on any atom is 0.272 e. The van der Waals surface area contributed by atoms with Crippen LogP contribution in [0.15, 0.2) is 12.3 Å². The van der Waals surface area contributed by atoms with E-state index in [4.69, 9.17) is 0 Å². The van der Waals surface area contributed by atoms with Gasteiger partial charge in [0.15, 0.2) is 0 Å². The van der Waals surface area contributed by atoms with E-state index in [-0.39, 0.29) is 5.91 Å². The van der Waals surface area contributed by atoms with E-state index in [2.05, 4.69) is 29.1 Å². The fraction of sp³-hybridized carbons (Fsp3) is 0.722. The lowest BCUT2D eigenvalue weighted by Gasteiger charge is -2.21. The van der Waals surface area contributed by atoms with Gasteiger partial charge in [0.1, 0.15) is 5.69 Å². The molecule has 0 bridgehead atoms. The molecule has 0 atom stereocenters. The minimum absolute atomic E-state index is 0.0139. The third-order valence-corrected chi connectivity index (χ3v) is 4.34. The Labute approximate surface area is 139 Å². The summed E-state index contributed by atoms with van der Waals surface area (Å²) in [4.78, 5) is 23.3. The van der Waals surface area contributed by atoms with Crippen LogP contribution in [0.4, 0.5) is 5.95 Å². The van der Waals surface area contributed by atoms with Crippen molar-refractivity contribution < 1.29 is 4.79 Å². The van der Waals surface area contributed by atoms with Gasteiger partial charge in [-0.25, -0.2) is 9.97 Å². The topological polar surface area (TPSA) is 58.1 Å². The van der Waals surface area contributed by atoms with Gasteiger partial charge in [-0.3, -0.25) is 4.79 Å². The number of hydrogen-bond donors (Lipinski definition) is 1. The molecule has 1 fully saturated rings. The van der Waals surface area contributed by atoms with Gasteiger partial charge in [0.25, 0.3) is 5.91 Å². The molecule has 1 amide bonds. The van der Waals surface area contributed by atoms with Gasteiger partial charge in [0, 0.05) is 25.3 Å². The second-order valence-electron chi connectivity index (χ2n) is 6.39. The molecule has 128 valence electrons. The quantitative estimate of drug-likeness (QED) is 0.775. The van der Waals surface area contributed by atoms with E-state index in [0.717, 1.165) is 25.9 Å². The SMILES string of the molecule is CCCN(CCC)C(=O)c1ccnc(NC2CCCCCC2)n1. The number of carbonyl (C=O) groups excluding carboxylic acids is 1. The molecule has 1 aliphatic rings. The van der Waals surface area contributed by atoms with Gasteiger partial charge in [0.05, 0.1) is 0 Å². The molecular weight excluding hydrogens is 288 g/mol. The molecule has 0 aliphatic heterocycles. The number of carbonyl (C=O) groups is 1. The summed E-state index contributed by atoms with van der Waals surface area (Å²) in [5, 5.41) is 3.43. The first-order valence-electron chi connectivity index (χ1n) is 9.13. The van der Waals surface area contributed by atoms with Crippen molar-refractivity contribution in [2.45, 2.75) is 71.3 Å². The predicted octanol–water partition coefficient (Wildman–Crippen LogP) is 3.87. The molecule has 1 aromatic heterocycles. The molecule has 5 nitrogen and oxygen atoms in total. The van der Waals surface area contributed by atoms with E-state index in [1.54, 1.807) is 12.3 Å². The predicted molar refractivity (Wildman–Crippen MR) is 93.6 cm³/mol. The molecule has 1 heterocycles. The molecule has 0 aromatic carbocycles. The van der Waals surface area contributed by atoms with Gasteiger partial charge in [-0.05, 0) is 31.7 Å². The lowest BCUT2D eigenvalue weighted by molar-refractivity contribution is 0.0749. The molecular formula is C18H30N4O. The summed E-state index contributed by atoms with van der Waals surface area (Å²) in [5.74, 6) is 0.607. The highest BCUT2D eigenvalue weighted by molar-refractivity contribution is 5.92. The fourth-order valence-electron chi connectivity index (χ4n) is 3.17. The Morgan fingerprint density at radius 3 is 2.43 bits per heavy atom. The van der Waals surface area contributed by atoms with Crippen LogP contribution in [0.2, 0.25) is 0 Å². The second-order valence-corrected chi connectivity index (χ2v) is 6.39. The van der Waals surface area contributed by atoms with Gasteiger partial charge in [-0.1, -0.05) is 39.5 Å². The number of amides is 1. The molecule has 5 heteroatoms. The van der Waals surface area contributed by atoms with Crippen molar-refractivity contribution in [2.75, 3.05) is 18.4 Å². The highest BCUT2D eigenvalue weighted by Crippen LogP contribution is 2.19. The van der Waals surface area contributed by atoms with E-state index in [1.807, 2.05) is 4.90 Å². The molecule has 0 unspecified atom stereocenters. The van der Waals surface area contributed by atoms with Crippen LogP contribution in [0.1, 0.15) is 75.7 Å². The van der Waals surface area contributed by atoms with Crippen molar-refractivity contribution in [1.29, 1.82) is 0 Å². The first-order valence-corrected chi connectivity index (χ1v) is 9.13. The summed E-state index contributed by atoms with van der Waals surface area (Å²) >= 11 is 0. The summed E-state index contributed by atoms with van der Waals surface area (Å²) < 4.78 is 0. The van der Waals surface area contributed by atoms with Crippen molar-refractivity contribution in [2.24, 2.45) is 0 Å². The van der Waals surface area contributed by atoms with E-state index in [9.17, 15) is 4.79 Å². The normalized spacial score (nSPS) is 15.9. The van der Waals surface area contributed by atoms with Gasteiger partial charge in [-0.2, -0.15) is 0 Å². The number of hydrogen-bond acceptors (Lipinski definition) is 4. The Kier molecular flexibility index (Phi) is 7.30. The third-order valence-electron chi connectivity index (χ3n) is 4.34. The molecule has 2 rings (SSSR count). The first kappa shape index (κ1) is 17.7. The van der Waals surface area contributed by atoms with Crippen LogP contribution in [0.5, 0.6) is 0 Å². The Bertz CT molecular complexity index is 478. The smallest absolute Gasteiger partial charge is 0.272 e. The van der Waals surface area contributed by atoms with Crippen molar-refractivity contribution in [1.82, 2.24) is 14.9 Å². The lowest BCUT2D eigenvalue weighted by atomic mass is 10.1. The van der Waals surface area contributed by atoms with Crippen molar-refractivity contribution in [3.05, 3.63) is 18.0 Å². The molecule has 0 radical (unpaired) electrons. The van der Waals surface area contributed by atoms with Crippen LogP contribution in [0.25, 0.3) is 0 Å². The second kappa shape index (κ2) is 9.48. The molecule has 23 heavy (non-hydrogen) atoms. The van der Waals surface area contributed by atoms with Crippen LogP contribution >= 0.6 is 0 Å². The van der Waals surface area contributed by atoms with Gasteiger partial charge >= 0.3 is 0 Å². The summed E-state index contributed by atoms with van der Waals surface area (Å²) in [5.41, 5.74) is 0.498. The zero-order chi connectivity index (χ0) is 16.5. The minimum Gasteiger partial charge on any atom is -0.351 e. The van der Waals surface area contributed by atoms with Gasteiger partial charge < -0.3 is 10.2 Å². The van der Waals surface area contributed by atoms with Gasteiger partial charge in [-0.15, -0.1) is 0 Å². The maximum atomic E-state index is 12.6. The molecule has 1 N–H and O–H groups in total. The number of nitrogens with zero attached hydrogens (tertiary/aromatic N) is 3. The number of aromatic nitrogens is 2. The van der Waals surface area contributed by atoms with Crippen molar-refractivity contribution >= 4 is 11.9 Å². The summed E-state index contributed by atoms with van der Waals surface area (Å²) in [6.45, 7) is 5.74. The highest BCUT2D eigenvalue weighted by Gasteiger charge is 2.18. The van der Waals surface area contributed by atoms with Gasteiger partial charge in [0.2, 0.25) is 5.95 Å². The van der Waals surface area contributed by atoms with Crippen LogP contribution < -0.4 is 5.32 Å². The zero-order valence-corrected chi connectivity index (χ0v) is 14.6. The zero-order valence-electron chi connectivity index (χ0n) is 14.6. The van der Waals surface area contributed by atoms with E-state index >= 15 is 0 Å². The van der Waals surface area contributed by atoms with Crippen LogP contribution in [0, 0.1) is 0 Å². The average Bonchev–Trinajstić information content (AvgIpc) is 2.83. The van der Waals surface area contributed by atoms with Crippen LogP contribution in [-0.4, -0.2) is 39.9 Å². The van der Waals surface area contributed by atoms with Crippen molar-refractivity contribution in [3.8, 4) is 0 Å². The fourth-order valence-corrected chi connectivity index (χ4v) is 3.17. The minimum atomic E-state index is 0.0139. The largest absolute Gasteiger partial charge is 0.351 e. The van der Waals surface area contributed by atoms with E-state index in [0.29, 0.717) is 17.7 Å². The Balaban J connectivity index is 2.04. The summed E-state index contributed by atoms with van der Waals surface area (Å²) in [7, 11) is 0. The standard InChI is InChI=1S/C18H30N4O/c1-3-13-22(14-4-2)17(23)16-11-12-19-18(21-16)20-15-9-7-5-6-8-10-15/h11-12,15H,3-10,13-14H2,1-2H3,(H,19,20,21). The van der Waals surface area contributed by atoms with Crippen LogP contribution in [-0.2, 0) is 0 Å². The van der Waals surface area contributed by atoms with E-state index < -0.39 is 0 Å². The molecule has 1 saturated carbocycles. The monoisotopic (exact) mass is 318 g/mol. The van der Waals surface area contributed by atoms with E-state index in [1.165, 1.54) is 38.5 Å². The van der Waals surface area contributed by atoms with Crippen LogP contribution in [0.3, 0.4) is 0 Å².